The van der Waals surface area contributed by atoms with Gasteiger partial charge in [-0.05, 0) is 35.4 Å². The van der Waals surface area contributed by atoms with E-state index in [4.69, 9.17) is 21.1 Å². The van der Waals surface area contributed by atoms with E-state index in [9.17, 15) is 14.0 Å². The van der Waals surface area contributed by atoms with Crippen LogP contribution in [0.2, 0.25) is 0 Å². The van der Waals surface area contributed by atoms with Crippen molar-refractivity contribution < 1.29 is 23.5 Å². The molecule has 0 bridgehead atoms. The summed E-state index contributed by atoms with van der Waals surface area (Å²) in [5, 5.41) is -0.163. The molecule has 0 saturated heterocycles. The number of benzene rings is 2. The van der Waals surface area contributed by atoms with E-state index in [-0.39, 0.29) is 17.2 Å². The Labute approximate surface area is 154 Å². The Morgan fingerprint density at radius 1 is 0.962 bits per heavy atom. The summed E-state index contributed by atoms with van der Waals surface area (Å²) in [4.78, 5) is 26.2. The lowest BCUT2D eigenvalue weighted by Gasteiger charge is -2.15. The van der Waals surface area contributed by atoms with Crippen LogP contribution in [0.25, 0.3) is 5.57 Å². The molecule has 0 spiro atoms. The van der Waals surface area contributed by atoms with Gasteiger partial charge in [-0.25, -0.2) is 4.39 Å². The summed E-state index contributed by atoms with van der Waals surface area (Å²) in [5.74, 6) is -0.593. The van der Waals surface area contributed by atoms with Gasteiger partial charge in [-0.15, -0.1) is 0 Å². The minimum absolute atomic E-state index is 0.00492. The molecule has 0 atom stereocenters. The highest BCUT2D eigenvalue weighted by Gasteiger charge is 2.38. The van der Waals surface area contributed by atoms with Gasteiger partial charge in [-0.3, -0.25) is 14.5 Å². The number of methoxy groups -OCH3 is 2. The van der Waals surface area contributed by atoms with E-state index in [0.717, 1.165) is 4.90 Å². The number of imide groups is 1. The number of rotatable bonds is 5. The summed E-state index contributed by atoms with van der Waals surface area (Å²) in [6.45, 7) is 0.00492. The van der Waals surface area contributed by atoms with E-state index in [2.05, 4.69) is 0 Å². The Morgan fingerprint density at radius 2 is 1.62 bits per heavy atom. The first kappa shape index (κ1) is 17.9. The van der Waals surface area contributed by atoms with Gasteiger partial charge >= 0.3 is 0 Å². The molecule has 0 fully saturated rings. The van der Waals surface area contributed by atoms with Crippen molar-refractivity contribution in [2.45, 2.75) is 6.54 Å². The van der Waals surface area contributed by atoms with Gasteiger partial charge in [0.2, 0.25) is 0 Å². The van der Waals surface area contributed by atoms with Crippen molar-refractivity contribution >= 4 is 29.0 Å². The van der Waals surface area contributed by atoms with E-state index >= 15 is 0 Å². The van der Waals surface area contributed by atoms with Crippen LogP contribution in [0.15, 0.2) is 47.5 Å². The SMILES string of the molecule is COc1ccc(C2=C(Cl)C(=O)N(Cc3ccc(F)cc3)C2=O)cc1OC. The second kappa shape index (κ2) is 7.17. The van der Waals surface area contributed by atoms with Crippen LogP contribution in [0.5, 0.6) is 11.5 Å². The predicted octanol–water partition coefficient (Wildman–Crippen LogP) is 3.36. The number of amides is 2. The smallest absolute Gasteiger partial charge is 0.273 e. The summed E-state index contributed by atoms with van der Waals surface area (Å²) < 4.78 is 23.4. The molecule has 0 aromatic heterocycles. The quantitative estimate of drug-likeness (QED) is 0.752. The molecule has 5 nitrogen and oxygen atoms in total. The fourth-order valence-corrected chi connectivity index (χ4v) is 3.00. The molecule has 2 amide bonds. The van der Waals surface area contributed by atoms with E-state index in [1.165, 1.54) is 38.5 Å². The van der Waals surface area contributed by atoms with E-state index in [1.807, 2.05) is 0 Å². The summed E-state index contributed by atoms with van der Waals surface area (Å²) in [7, 11) is 2.97. The predicted molar refractivity (Wildman–Crippen MR) is 94.3 cm³/mol. The maximum Gasteiger partial charge on any atom is 0.273 e. The highest BCUT2D eigenvalue weighted by Crippen LogP contribution is 2.36. The molecule has 3 rings (SSSR count). The van der Waals surface area contributed by atoms with Gasteiger partial charge in [0, 0.05) is 0 Å². The average Bonchev–Trinajstić information content (AvgIpc) is 2.86. The number of hydrogen-bond acceptors (Lipinski definition) is 4. The lowest BCUT2D eigenvalue weighted by molar-refractivity contribution is -0.137. The molecular formula is C19H15ClFNO4. The van der Waals surface area contributed by atoms with Gasteiger partial charge in [-0.1, -0.05) is 29.8 Å². The molecule has 2 aromatic carbocycles. The van der Waals surface area contributed by atoms with Crippen LogP contribution in [0.4, 0.5) is 4.39 Å². The van der Waals surface area contributed by atoms with Crippen molar-refractivity contribution in [2.24, 2.45) is 0 Å². The summed E-state index contributed by atoms with van der Waals surface area (Å²) in [5.41, 5.74) is 1.17. The van der Waals surface area contributed by atoms with Crippen LogP contribution in [-0.2, 0) is 16.1 Å². The summed E-state index contributed by atoms with van der Waals surface area (Å²) in [6, 6.07) is 10.4. The van der Waals surface area contributed by atoms with Crippen molar-refractivity contribution in [1.82, 2.24) is 4.90 Å². The van der Waals surface area contributed by atoms with Crippen molar-refractivity contribution in [3.05, 3.63) is 64.4 Å². The highest BCUT2D eigenvalue weighted by molar-refractivity contribution is 6.55. The first-order valence-electron chi connectivity index (χ1n) is 7.69. The zero-order chi connectivity index (χ0) is 18.8. The first-order chi connectivity index (χ1) is 12.5. The van der Waals surface area contributed by atoms with Crippen LogP contribution in [0, 0.1) is 5.82 Å². The largest absolute Gasteiger partial charge is 0.493 e. The zero-order valence-corrected chi connectivity index (χ0v) is 14.8. The molecular weight excluding hydrogens is 361 g/mol. The minimum atomic E-state index is -0.592. The van der Waals surface area contributed by atoms with E-state index < -0.39 is 17.6 Å². The topological polar surface area (TPSA) is 55.8 Å². The maximum atomic E-state index is 13.0. The van der Waals surface area contributed by atoms with Crippen LogP contribution < -0.4 is 9.47 Å². The van der Waals surface area contributed by atoms with Gasteiger partial charge in [0.05, 0.1) is 26.3 Å². The van der Waals surface area contributed by atoms with E-state index in [0.29, 0.717) is 22.6 Å². The van der Waals surface area contributed by atoms with Crippen LogP contribution in [0.3, 0.4) is 0 Å². The second-order valence-electron chi connectivity index (χ2n) is 5.58. The Bertz CT molecular complexity index is 908. The van der Waals surface area contributed by atoms with Crippen molar-refractivity contribution in [2.75, 3.05) is 14.2 Å². The molecule has 134 valence electrons. The van der Waals surface area contributed by atoms with Gasteiger partial charge < -0.3 is 9.47 Å². The summed E-state index contributed by atoms with van der Waals surface area (Å²) >= 11 is 6.15. The van der Waals surface area contributed by atoms with Gasteiger partial charge in [-0.2, -0.15) is 0 Å². The number of hydrogen-bond donors (Lipinski definition) is 0. The molecule has 0 N–H and O–H groups in total. The number of carbonyl (C=O) groups excluding carboxylic acids is 2. The van der Waals surface area contributed by atoms with Crippen LogP contribution >= 0.6 is 11.6 Å². The Hall–Kier alpha value is -2.86. The van der Waals surface area contributed by atoms with E-state index in [1.54, 1.807) is 18.2 Å². The fourth-order valence-electron chi connectivity index (χ4n) is 2.70. The first-order valence-corrected chi connectivity index (χ1v) is 8.07. The number of ether oxygens (including phenoxy) is 2. The monoisotopic (exact) mass is 375 g/mol. The Balaban J connectivity index is 1.92. The molecule has 7 heteroatoms. The van der Waals surface area contributed by atoms with Crippen LogP contribution in [-0.4, -0.2) is 30.9 Å². The lowest BCUT2D eigenvalue weighted by atomic mass is 10.1. The normalized spacial score (nSPS) is 14.2. The molecule has 0 radical (unpaired) electrons. The third-order valence-corrected chi connectivity index (χ3v) is 4.39. The van der Waals surface area contributed by atoms with Crippen LogP contribution in [0.1, 0.15) is 11.1 Å². The maximum absolute atomic E-state index is 13.0. The highest BCUT2D eigenvalue weighted by atomic mass is 35.5. The lowest BCUT2D eigenvalue weighted by Crippen LogP contribution is -2.30. The Kier molecular flexibility index (Phi) is 4.95. The summed E-state index contributed by atoms with van der Waals surface area (Å²) in [6.07, 6.45) is 0. The molecule has 1 aliphatic rings. The number of carbonyl (C=O) groups is 2. The molecule has 2 aromatic rings. The van der Waals surface area contributed by atoms with Crippen molar-refractivity contribution in [3.63, 3.8) is 0 Å². The van der Waals surface area contributed by atoms with Gasteiger partial charge in [0.25, 0.3) is 11.8 Å². The molecule has 1 heterocycles. The fraction of sp³-hybridized carbons (Fsp3) is 0.158. The third kappa shape index (κ3) is 3.15. The zero-order valence-electron chi connectivity index (χ0n) is 14.1. The Morgan fingerprint density at radius 3 is 2.23 bits per heavy atom. The number of halogens is 2. The minimum Gasteiger partial charge on any atom is -0.493 e. The molecule has 26 heavy (non-hydrogen) atoms. The van der Waals surface area contributed by atoms with Gasteiger partial charge in [0.15, 0.2) is 11.5 Å². The molecule has 1 aliphatic heterocycles. The van der Waals surface area contributed by atoms with Gasteiger partial charge in [0.1, 0.15) is 10.8 Å². The van der Waals surface area contributed by atoms with Crippen molar-refractivity contribution in [3.8, 4) is 11.5 Å². The number of nitrogens with zero attached hydrogens (tertiary/aromatic N) is 1. The average molecular weight is 376 g/mol. The molecule has 0 aliphatic carbocycles. The second-order valence-corrected chi connectivity index (χ2v) is 5.96. The molecule has 0 saturated carbocycles. The third-order valence-electron chi connectivity index (χ3n) is 4.04. The van der Waals surface area contributed by atoms with Crippen molar-refractivity contribution in [1.29, 1.82) is 0 Å². The standard InChI is InChI=1S/C19H15ClFNO4/c1-25-14-8-5-12(9-15(14)26-2)16-17(20)19(24)22(18(16)23)10-11-3-6-13(21)7-4-11/h3-9H,10H2,1-2H3. The molecule has 0 unspecified atom stereocenters.